The molecule has 1 saturated heterocycles. The average molecular weight is 443 g/mol. The summed E-state index contributed by atoms with van der Waals surface area (Å²) in [6.45, 7) is 0. The molecule has 162 valence electrons. The zero-order valence-corrected chi connectivity index (χ0v) is 17.9. The molecule has 1 aliphatic heterocycles. The molecule has 2 aromatic rings. The van der Waals surface area contributed by atoms with E-state index in [2.05, 4.69) is 0 Å². The molecule has 4 rings (SSSR count). The summed E-state index contributed by atoms with van der Waals surface area (Å²) in [6.07, 6.45) is 5.61. The number of halogens is 2. The quantitative estimate of drug-likeness (QED) is 0.496. The normalized spacial score (nSPS) is 20.1. The molecule has 1 atom stereocenters. The molecule has 1 saturated carbocycles. The molecular formula is C24H24ClFN2O3. The Bertz CT molecular complexity index is 969. The van der Waals surface area contributed by atoms with Crippen LogP contribution in [0.3, 0.4) is 0 Å². The minimum atomic E-state index is -0.871. The maximum absolute atomic E-state index is 13.5. The Hall–Kier alpha value is -2.73. The Morgan fingerprint density at radius 3 is 2.16 bits per heavy atom. The van der Waals surface area contributed by atoms with Gasteiger partial charge in [0.2, 0.25) is 5.91 Å². The lowest BCUT2D eigenvalue weighted by Gasteiger charge is -2.35. The molecule has 0 N–H and O–H groups in total. The molecule has 1 aliphatic carbocycles. The number of carbonyl (C=O) groups excluding carboxylic acids is 3. The van der Waals surface area contributed by atoms with E-state index in [1.165, 1.54) is 24.3 Å². The van der Waals surface area contributed by atoms with Crippen LogP contribution in [0.25, 0.3) is 0 Å². The Morgan fingerprint density at radius 1 is 0.935 bits per heavy atom. The van der Waals surface area contributed by atoms with Gasteiger partial charge in [-0.3, -0.25) is 14.4 Å². The van der Waals surface area contributed by atoms with Gasteiger partial charge in [0.1, 0.15) is 11.9 Å². The van der Waals surface area contributed by atoms with Gasteiger partial charge in [0.25, 0.3) is 11.8 Å². The molecule has 1 heterocycles. The van der Waals surface area contributed by atoms with Crippen LogP contribution in [0.4, 0.5) is 10.1 Å². The number of carbonyl (C=O) groups is 3. The van der Waals surface area contributed by atoms with Crippen molar-refractivity contribution < 1.29 is 18.8 Å². The van der Waals surface area contributed by atoms with Crippen molar-refractivity contribution in [1.82, 2.24) is 4.90 Å². The molecule has 0 bridgehead atoms. The highest BCUT2D eigenvalue weighted by molar-refractivity contribution is 6.31. The highest BCUT2D eigenvalue weighted by Crippen LogP contribution is 2.32. The number of imide groups is 1. The van der Waals surface area contributed by atoms with Crippen molar-refractivity contribution in [1.29, 1.82) is 0 Å². The van der Waals surface area contributed by atoms with Crippen molar-refractivity contribution in [2.45, 2.75) is 57.0 Å². The second kappa shape index (κ2) is 9.18. The van der Waals surface area contributed by atoms with E-state index in [0.29, 0.717) is 16.3 Å². The van der Waals surface area contributed by atoms with E-state index in [-0.39, 0.29) is 24.3 Å². The molecule has 0 radical (unpaired) electrons. The molecule has 0 aromatic heterocycles. The van der Waals surface area contributed by atoms with E-state index in [1.54, 1.807) is 29.2 Å². The van der Waals surface area contributed by atoms with E-state index in [1.807, 2.05) is 0 Å². The highest BCUT2D eigenvalue weighted by atomic mass is 35.5. The Morgan fingerprint density at radius 2 is 1.55 bits per heavy atom. The van der Waals surface area contributed by atoms with Crippen molar-refractivity contribution in [3.8, 4) is 0 Å². The number of rotatable bonds is 4. The summed E-state index contributed by atoms with van der Waals surface area (Å²) >= 11 is 5.94. The highest BCUT2D eigenvalue weighted by Gasteiger charge is 2.46. The Kier molecular flexibility index (Phi) is 6.37. The number of anilines is 1. The molecule has 31 heavy (non-hydrogen) atoms. The van der Waals surface area contributed by atoms with Gasteiger partial charge in [-0.1, -0.05) is 37.3 Å². The van der Waals surface area contributed by atoms with Crippen LogP contribution in [0.2, 0.25) is 5.02 Å². The molecule has 5 nitrogen and oxygen atoms in total. The fourth-order valence-electron chi connectivity index (χ4n) is 4.53. The van der Waals surface area contributed by atoms with Crippen molar-refractivity contribution in [3.63, 3.8) is 0 Å². The van der Waals surface area contributed by atoms with Gasteiger partial charge in [-0.15, -0.1) is 0 Å². The third-order valence-corrected chi connectivity index (χ3v) is 6.34. The van der Waals surface area contributed by atoms with Crippen LogP contribution in [0, 0.1) is 5.82 Å². The van der Waals surface area contributed by atoms with Crippen molar-refractivity contribution >= 4 is 35.0 Å². The molecule has 1 unspecified atom stereocenters. The first-order valence-corrected chi connectivity index (χ1v) is 11.0. The van der Waals surface area contributed by atoms with Gasteiger partial charge >= 0.3 is 0 Å². The summed E-state index contributed by atoms with van der Waals surface area (Å²) in [5.74, 6) is -1.52. The molecular weight excluding hydrogens is 419 g/mol. The van der Waals surface area contributed by atoms with E-state index in [9.17, 15) is 18.8 Å². The maximum Gasteiger partial charge on any atom is 0.257 e. The fraction of sp³-hybridized carbons (Fsp3) is 0.375. The largest absolute Gasteiger partial charge is 0.323 e. The molecule has 0 spiro atoms. The summed E-state index contributed by atoms with van der Waals surface area (Å²) in [7, 11) is 0. The van der Waals surface area contributed by atoms with Crippen LogP contribution in [0.15, 0.2) is 48.5 Å². The number of hydrogen-bond acceptors (Lipinski definition) is 3. The van der Waals surface area contributed by atoms with E-state index >= 15 is 0 Å². The number of amides is 3. The summed E-state index contributed by atoms with van der Waals surface area (Å²) < 4.78 is 13.4. The summed E-state index contributed by atoms with van der Waals surface area (Å²) in [5.41, 5.74) is 0.757. The topological polar surface area (TPSA) is 57.7 Å². The van der Waals surface area contributed by atoms with Crippen LogP contribution in [0.5, 0.6) is 0 Å². The third-order valence-electron chi connectivity index (χ3n) is 6.09. The Labute approximate surface area is 185 Å². The van der Waals surface area contributed by atoms with Gasteiger partial charge in [-0.05, 0) is 61.4 Å². The zero-order chi connectivity index (χ0) is 22.0. The van der Waals surface area contributed by atoms with E-state index < -0.39 is 17.8 Å². The monoisotopic (exact) mass is 442 g/mol. The number of nitrogens with zero attached hydrogens (tertiary/aromatic N) is 2. The lowest BCUT2D eigenvalue weighted by atomic mass is 10.0. The predicted molar refractivity (Wildman–Crippen MR) is 116 cm³/mol. The molecule has 3 amide bonds. The fourth-order valence-corrected chi connectivity index (χ4v) is 4.66. The molecule has 2 aliphatic rings. The van der Waals surface area contributed by atoms with Crippen LogP contribution in [-0.4, -0.2) is 34.7 Å². The summed E-state index contributed by atoms with van der Waals surface area (Å²) in [4.78, 5) is 42.4. The summed E-state index contributed by atoms with van der Waals surface area (Å²) in [5, 5.41) is 0.506. The minimum absolute atomic E-state index is 0.0646. The van der Waals surface area contributed by atoms with Crippen LogP contribution >= 0.6 is 11.6 Å². The predicted octanol–water partition coefficient (Wildman–Crippen LogP) is 4.98. The molecule has 7 heteroatoms. The first kappa shape index (κ1) is 21.5. The maximum atomic E-state index is 13.5. The Balaban J connectivity index is 1.68. The zero-order valence-electron chi connectivity index (χ0n) is 17.1. The lowest BCUT2D eigenvalue weighted by molar-refractivity contribution is -0.123. The first-order chi connectivity index (χ1) is 15.0. The van der Waals surface area contributed by atoms with Crippen LogP contribution < -0.4 is 4.90 Å². The van der Waals surface area contributed by atoms with Gasteiger partial charge in [-0.2, -0.15) is 0 Å². The molecule has 2 aromatic carbocycles. The standard InChI is InChI=1S/C24H24ClFN2O3/c25-17-9-13-20(14-10-17)28-22(29)15-21(24(28)31)27(19-5-3-1-2-4-6-19)23(30)16-7-11-18(26)12-8-16/h7-14,19,21H,1-6,15H2. The van der Waals surface area contributed by atoms with Crippen LogP contribution in [-0.2, 0) is 9.59 Å². The van der Waals surface area contributed by atoms with Gasteiger partial charge in [0.15, 0.2) is 0 Å². The van der Waals surface area contributed by atoms with E-state index in [0.717, 1.165) is 43.4 Å². The summed E-state index contributed by atoms with van der Waals surface area (Å²) in [6, 6.07) is 10.8. The number of benzene rings is 2. The van der Waals surface area contributed by atoms with Crippen molar-refractivity contribution in [2.75, 3.05) is 4.90 Å². The van der Waals surface area contributed by atoms with Gasteiger partial charge in [0, 0.05) is 16.6 Å². The van der Waals surface area contributed by atoms with Crippen molar-refractivity contribution in [2.24, 2.45) is 0 Å². The van der Waals surface area contributed by atoms with Gasteiger partial charge in [0.05, 0.1) is 12.1 Å². The number of hydrogen-bond donors (Lipinski definition) is 0. The lowest BCUT2D eigenvalue weighted by Crippen LogP contribution is -2.50. The van der Waals surface area contributed by atoms with Gasteiger partial charge < -0.3 is 4.90 Å². The van der Waals surface area contributed by atoms with E-state index in [4.69, 9.17) is 11.6 Å². The average Bonchev–Trinajstić information content (AvgIpc) is 2.92. The first-order valence-electron chi connectivity index (χ1n) is 10.7. The smallest absolute Gasteiger partial charge is 0.257 e. The minimum Gasteiger partial charge on any atom is -0.323 e. The van der Waals surface area contributed by atoms with Gasteiger partial charge in [-0.25, -0.2) is 9.29 Å². The van der Waals surface area contributed by atoms with Crippen LogP contribution in [0.1, 0.15) is 55.3 Å². The second-order valence-electron chi connectivity index (χ2n) is 8.13. The SMILES string of the molecule is O=C1CC(N(C(=O)c2ccc(F)cc2)C2CCCCCC2)C(=O)N1c1ccc(Cl)cc1. The third kappa shape index (κ3) is 4.49. The second-order valence-corrected chi connectivity index (χ2v) is 8.56. The molecule has 2 fully saturated rings. The van der Waals surface area contributed by atoms with Crippen molar-refractivity contribution in [3.05, 3.63) is 64.9 Å².